The summed E-state index contributed by atoms with van der Waals surface area (Å²) in [5.41, 5.74) is 1.27. The van der Waals surface area contributed by atoms with Gasteiger partial charge in [0, 0.05) is 44.5 Å². The molecular weight excluding hydrogens is 427 g/mol. The molecule has 0 unspecified atom stereocenters. The van der Waals surface area contributed by atoms with Crippen molar-refractivity contribution in [2.45, 2.75) is 20.0 Å². The van der Waals surface area contributed by atoms with E-state index in [2.05, 4.69) is 15.4 Å². The van der Waals surface area contributed by atoms with Crippen molar-refractivity contribution in [2.75, 3.05) is 13.6 Å². The molecule has 0 amide bonds. The van der Waals surface area contributed by atoms with Crippen LogP contribution in [0, 0.1) is 11.6 Å². The fourth-order valence-electron chi connectivity index (χ4n) is 2.20. The van der Waals surface area contributed by atoms with E-state index in [4.69, 9.17) is 0 Å². The van der Waals surface area contributed by atoms with Gasteiger partial charge >= 0.3 is 0 Å². The predicted octanol–water partition coefficient (Wildman–Crippen LogP) is 2.91. The van der Waals surface area contributed by atoms with E-state index in [1.165, 1.54) is 6.07 Å². The molecule has 0 aliphatic carbocycles. The lowest BCUT2D eigenvalue weighted by atomic mass is 10.2. The van der Waals surface area contributed by atoms with Crippen LogP contribution >= 0.6 is 24.0 Å². The number of aliphatic imine (C=N–C) groups is 1. The smallest absolute Gasteiger partial charge is 0.194 e. The van der Waals surface area contributed by atoms with Gasteiger partial charge in [-0.2, -0.15) is 5.10 Å². The van der Waals surface area contributed by atoms with Gasteiger partial charge in [0.15, 0.2) is 5.96 Å². The number of aromatic nitrogens is 2. The number of halogens is 3. The van der Waals surface area contributed by atoms with Crippen molar-refractivity contribution in [1.82, 2.24) is 20.0 Å². The van der Waals surface area contributed by atoms with Crippen LogP contribution in [0.1, 0.15) is 18.1 Å². The molecule has 1 aromatic heterocycles. The highest BCUT2D eigenvalue weighted by atomic mass is 127. The van der Waals surface area contributed by atoms with E-state index in [1.807, 2.05) is 32.1 Å². The number of nitrogens with one attached hydrogen (secondary N) is 1. The summed E-state index contributed by atoms with van der Waals surface area (Å²) in [5, 5.41) is 7.27. The Balaban J connectivity index is 0.00000288. The van der Waals surface area contributed by atoms with Crippen molar-refractivity contribution in [3.05, 3.63) is 53.4 Å². The van der Waals surface area contributed by atoms with Gasteiger partial charge in [0.05, 0.1) is 12.7 Å². The number of hydrogen-bond acceptors (Lipinski definition) is 2. The van der Waals surface area contributed by atoms with Crippen molar-refractivity contribution < 1.29 is 8.78 Å². The van der Waals surface area contributed by atoms with Crippen LogP contribution in [0.4, 0.5) is 8.78 Å². The molecule has 0 fully saturated rings. The average Bonchev–Trinajstić information content (AvgIpc) is 2.91. The zero-order valence-electron chi connectivity index (χ0n) is 14.0. The Labute approximate surface area is 157 Å². The first-order valence-electron chi connectivity index (χ1n) is 7.40. The largest absolute Gasteiger partial charge is 0.357 e. The standard InChI is InChI=1S/C16H21F2N5.HI/c1-4-19-16(22(2)10-12-8-21-23(3)11-12)20-9-13-7-14(17)5-6-15(13)18;/h5-8,11H,4,9-10H2,1-3H3,(H,19,20);1H. The maximum atomic E-state index is 13.7. The summed E-state index contributed by atoms with van der Waals surface area (Å²) in [7, 11) is 3.74. The molecule has 132 valence electrons. The minimum Gasteiger partial charge on any atom is -0.357 e. The molecule has 5 nitrogen and oxygen atoms in total. The molecule has 2 rings (SSSR count). The Bertz CT molecular complexity index is 687. The molecule has 1 aromatic carbocycles. The molecule has 2 aromatic rings. The maximum Gasteiger partial charge on any atom is 0.194 e. The van der Waals surface area contributed by atoms with Gasteiger partial charge in [-0.25, -0.2) is 13.8 Å². The highest BCUT2D eigenvalue weighted by Crippen LogP contribution is 2.11. The van der Waals surface area contributed by atoms with E-state index in [0.717, 1.165) is 17.7 Å². The summed E-state index contributed by atoms with van der Waals surface area (Å²) in [6.07, 6.45) is 3.71. The molecule has 1 heterocycles. The molecule has 0 saturated carbocycles. The second-order valence-corrected chi connectivity index (χ2v) is 5.28. The van der Waals surface area contributed by atoms with Crippen molar-refractivity contribution in [2.24, 2.45) is 12.0 Å². The normalized spacial score (nSPS) is 11.1. The third-order valence-corrected chi connectivity index (χ3v) is 3.28. The third-order valence-electron chi connectivity index (χ3n) is 3.28. The van der Waals surface area contributed by atoms with Gasteiger partial charge < -0.3 is 10.2 Å². The quantitative estimate of drug-likeness (QED) is 0.434. The number of rotatable bonds is 5. The maximum absolute atomic E-state index is 13.7. The third kappa shape index (κ3) is 5.73. The predicted molar refractivity (Wildman–Crippen MR) is 101 cm³/mol. The Morgan fingerprint density at radius 2 is 2.12 bits per heavy atom. The Kier molecular flexibility index (Phi) is 8.09. The zero-order chi connectivity index (χ0) is 16.8. The minimum absolute atomic E-state index is 0. The van der Waals surface area contributed by atoms with Gasteiger partial charge in [-0.15, -0.1) is 24.0 Å². The zero-order valence-corrected chi connectivity index (χ0v) is 16.3. The number of guanidine groups is 1. The van der Waals surface area contributed by atoms with Gasteiger partial charge in [0.25, 0.3) is 0 Å². The number of nitrogens with zero attached hydrogens (tertiary/aromatic N) is 4. The van der Waals surface area contributed by atoms with Gasteiger partial charge in [-0.1, -0.05) is 0 Å². The van der Waals surface area contributed by atoms with E-state index in [1.54, 1.807) is 10.9 Å². The van der Waals surface area contributed by atoms with Crippen molar-refractivity contribution in [3.63, 3.8) is 0 Å². The highest BCUT2D eigenvalue weighted by Gasteiger charge is 2.09. The lowest BCUT2D eigenvalue weighted by molar-refractivity contribution is 0.476. The summed E-state index contributed by atoms with van der Waals surface area (Å²) in [6, 6.07) is 3.39. The summed E-state index contributed by atoms with van der Waals surface area (Å²) in [4.78, 5) is 6.30. The Morgan fingerprint density at radius 3 is 2.75 bits per heavy atom. The molecule has 0 bridgehead atoms. The lowest BCUT2D eigenvalue weighted by Gasteiger charge is -2.21. The monoisotopic (exact) mass is 449 g/mol. The highest BCUT2D eigenvalue weighted by molar-refractivity contribution is 14.0. The number of aryl methyl sites for hydroxylation is 1. The van der Waals surface area contributed by atoms with Crippen LogP contribution in [-0.2, 0) is 20.1 Å². The molecule has 0 saturated heterocycles. The molecule has 0 aliphatic rings. The van der Waals surface area contributed by atoms with Gasteiger partial charge in [0.1, 0.15) is 11.6 Å². The Morgan fingerprint density at radius 1 is 1.38 bits per heavy atom. The van der Waals surface area contributed by atoms with Crippen LogP contribution < -0.4 is 5.32 Å². The first kappa shape index (κ1) is 20.3. The summed E-state index contributed by atoms with van der Waals surface area (Å²) < 4.78 is 28.6. The first-order valence-corrected chi connectivity index (χ1v) is 7.40. The molecular formula is C16H22F2IN5. The number of benzene rings is 1. The molecule has 0 atom stereocenters. The van der Waals surface area contributed by atoms with Crippen LogP contribution in [0.15, 0.2) is 35.6 Å². The summed E-state index contributed by atoms with van der Waals surface area (Å²) in [6.45, 7) is 3.33. The van der Waals surface area contributed by atoms with Crippen LogP contribution in [0.25, 0.3) is 0 Å². The van der Waals surface area contributed by atoms with Gasteiger partial charge in [-0.05, 0) is 25.1 Å². The molecule has 0 aliphatic heterocycles. The molecule has 0 spiro atoms. The van der Waals surface area contributed by atoms with E-state index >= 15 is 0 Å². The van der Waals surface area contributed by atoms with Crippen LogP contribution in [-0.4, -0.2) is 34.2 Å². The van der Waals surface area contributed by atoms with Crippen molar-refractivity contribution >= 4 is 29.9 Å². The SMILES string of the molecule is CCNC(=NCc1cc(F)ccc1F)N(C)Cc1cnn(C)c1.I. The van der Waals surface area contributed by atoms with Crippen LogP contribution in [0.2, 0.25) is 0 Å². The summed E-state index contributed by atoms with van der Waals surface area (Å²) >= 11 is 0. The topological polar surface area (TPSA) is 45.5 Å². The van der Waals surface area contributed by atoms with E-state index in [0.29, 0.717) is 19.0 Å². The Hall–Kier alpha value is -1.71. The van der Waals surface area contributed by atoms with E-state index < -0.39 is 11.6 Å². The lowest BCUT2D eigenvalue weighted by Crippen LogP contribution is -2.38. The van der Waals surface area contributed by atoms with E-state index in [9.17, 15) is 8.78 Å². The second kappa shape index (κ2) is 9.55. The second-order valence-electron chi connectivity index (χ2n) is 5.28. The number of hydrogen-bond donors (Lipinski definition) is 1. The summed E-state index contributed by atoms with van der Waals surface area (Å²) in [5.74, 6) is -0.300. The fourth-order valence-corrected chi connectivity index (χ4v) is 2.20. The average molecular weight is 449 g/mol. The molecule has 24 heavy (non-hydrogen) atoms. The van der Waals surface area contributed by atoms with Crippen LogP contribution in [0.3, 0.4) is 0 Å². The van der Waals surface area contributed by atoms with E-state index in [-0.39, 0.29) is 36.1 Å². The van der Waals surface area contributed by atoms with Crippen molar-refractivity contribution in [3.8, 4) is 0 Å². The minimum atomic E-state index is -0.467. The molecule has 8 heteroatoms. The fraction of sp³-hybridized carbons (Fsp3) is 0.375. The van der Waals surface area contributed by atoms with Crippen LogP contribution in [0.5, 0.6) is 0 Å². The molecule has 0 radical (unpaired) electrons. The van der Waals surface area contributed by atoms with Crippen molar-refractivity contribution in [1.29, 1.82) is 0 Å². The first-order chi connectivity index (χ1) is 11.0. The molecule has 1 N–H and O–H groups in total. The van der Waals surface area contributed by atoms with Gasteiger partial charge in [0.2, 0.25) is 0 Å². The van der Waals surface area contributed by atoms with Gasteiger partial charge in [-0.3, -0.25) is 4.68 Å².